The van der Waals surface area contributed by atoms with Gasteiger partial charge in [-0.25, -0.2) is 4.79 Å². The lowest BCUT2D eigenvalue weighted by Crippen LogP contribution is -2.40. The van der Waals surface area contributed by atoms with E-state index in [-0.39, 0.29) is 19.1 Å². The third-order valence-corrected chi connectivity index (χ3v) is 4.20. The van der Waals surface area contributed by atoms with Crippen LogP contribution in [0.5, 0.6) is 5.75 Å². The lowest BCUT2D eigenvalue weighted by atomic mass is 10.0. The van der Waals surface area contributed by atoms with E-state index in [0.29, 0.717) is 17.0 Å². The van der Waals surface area contributed by atoms with Gasteiger partial charge in [-0.15, -0.1) is 0 Å². The summed E-state index contributed by atoms with van der Waals surface area (Å²) < 4.78 is 7.38. The Morgan fingerprint density at radius 3 is 2.61 bits per heavy atom. The third kappa shape index (κ3) is 2.56. The van der Waals surface area contributed by atoms with Crippen molar-refractivity contribution in [3.63, 3.8) is 0 Å². The fraction of sp³-hybridized carbons (Fsp3) is 0.294. The van der Waals surface area contributed by atoms with Crippen molar-refractivity contribution < 1.29 is 19.4 Å². The zero-order chi connectivity index (χ0) is 16.6. The molecule has 1 amide bonds. The molecule has 6 heteroatoms. The normalized spacial score (nSPS) is 17.1. The number of carboxylic acids is 1. The molecule has 1 aliphatic rings. The van der Waals surface area contributed by atoms with Crippen LogP contribution in [0, 0.1) is 6.92 Å². The van der Waals surface area contributed by atoms with Crippen molar-refractivity contribution in [3.05, 3.63) is 53.3 Å². The first-order chi connectivity index (χ1) is 11.0. The Kier molecular flexibility index (Phi) is 3.82. The molecule has 0 saturated heterocycles. The molecule has 6 nitrogen and oxygen atoms in total. The van der Waals surface area contributed by atoms with Gasteiger partial charge < -0.3 is 19.3 Å². The highest BCUT2D eigenvalue weighted by atomic mass is 16.5. The van der Waals surface area contributed by atoms with Crippen LogP contribution in [-0.4, -0.2) is 39.6 Å². The minimum Gasteiger partial charge on any atom is -0.491 e. The number of aliphatic carboxylic acids is 1. The van der Waals surface area contributed by atoms with Crippen molar-refractivity contribution in [2.45, 2.75) is 13.0 Å². The molecule has 0 radical (unpaired) electrons. The predicted octanol–water partition coefficient (Wildman–Crippen LogP) is 1.99. The van der Waals surface area contributed by atoms with E-state index in [2.05, 4.69) is 0 Å². The number of ether oxygens (including phenoxy) is 1. The number of carboxylic acid groups (broad SMARTS) is 1. The molecule has 1 aliphatic heterocycles. The molecule has 1 aromatic carbocycles. The summed E-state index contributed by atoms with van der Waals surface area (Å²) in [6.45, 7) is 2.37. The van der Waals surface area contributed by atoms with Gasteiger partial charge in [-0.05, 0) is 25.1 Å². The minimum absolute atomic E-state index is 0.217. The van der Waals surface area contributed by atoms with Crippen LogP contribution in [-0.2, 0) is 11.8 Å². The Labute approximate surface area is 133 Å². The quantitative estimate of drug-likeness (QED) is 0.920. The first-order valence-corrected chi connectivity index (χ1v) is 7.38. The maximum absolute atomic E-state index is 12.9. The highest BCUT2D eigenvalue weighted by molar-refractivity contribution is 5.96. The zero-order valence-electron chi connectivity index (χ0n) is 13.0. The maximum Gasteiger partial charge on any atom is 0.331 e. The number of aromatic nitrogens is 1. The van der Waals surface area contributed by atoms with E-state index in [9.17, 15) is 14.7 Å². The van der Waals surface area contributed by atoms with E-state index >= 15 is 0 Å². The van der Waals surface area contributed by atoms with Gasteiger partial charge in [0.2, 0.25) is 0 Å². The molecule has 23 heavy (non-hydrogen) atoms. The van der Waals surface area contributed by atoms with E-state index < -0.39 is 12.0 Å². The second-order valence-electron chi connectivity index (χ2n) is 5.54. The molecule has 2 aromatic rings. The Balaban J connectivity index is 2.05. The predicted molar refractivity (Wildman–Crippen MR) is 83.5 cm³/mol. The number of carbonyl (C=O) groups excluding carboxylic acids is 1. The fourth-order valence-electron chi connectivity index (χ4n) is 2.85. The highest BCUT2D eigenvalue weighted by Gasteiger charge is 2.36. The van der Waals surface area contributed by atoms with Crippen LogP contribution in [0.25, 0.3) is 0 Å². The van der Waals surface area contributed by atoms with Crippen LogP contribution < -0.4 is 4.74 Å². The Morgan fingerprint density at radius 1 is 1.22 bits per heavy atom. The number of fused-ring (bicyclic) bond motifs is 1. The van der Waals surface area contributed by atoms with Gasteiger partial charge in [-0.2, -0.15) is 0 Å². The number of carbonyl (C=O) groups is 2. The number of nitrogens with zero attached hydrogens (tertiary/aromatic N) is 2. The van der Waals surface area contributed by atoms with Gasteiger partial charge in [-0.1, -0.05) is 18.2 Å². The van der Waals surface area contributed by atoms with Gasteiger partial charge in [-0.3, -0.25) is 4.79 Å². The number of aryl methyl sites for hydroxylation is 1. The van der Waals surface area contributed by atoms with E-state index in [1.165, 1.54) is 4.90 Å². The van der Waals surface area contributed by atoms with Gasteiger partial charge in [0.05, 0.1) is 6.54 Å². The summed E-state index contributed by atoms with van der Waals surface area (Å²) >= 11 is 0. The minimum atomic E-state index is -1.07. The first kappa shape index (κ1) is 15.1. The van der Waals surface area contributed by atoms with Gasteiger partial charge in [0, 0.05) is 18.3 Å². The number of amides is 1. The van der Waals surface area contributed by atoms with Gasteiger partial charge in [0.25, 0.3) is 5.91 Å². The van der Waals surface area contributed by atoms with Crippen molar-refractivity contribution >= 4 is 11.9 Å². The molecule has 0 saturated carbocycles. The molecule has 2 heterocycles. The maximum atomic E-state index is 12.9. The molecule has 0 aliphatic carbocycles. The van der Waals surface area contributed by atoms with E-state index in [1.54, 1.807) is 41.9 Å². The second kappa shape index (κ2) is 5.79. The summed E-state index contributed by atoms with van der Waals surface area (Å²) in [5.74, 6) is -0.867. The first-order valence-electron chi connectivity index (χ1n) is 7.38. The van der Waals surface area contributed by atoms with Crippen LogP contribution in [0.15, 0.2) is 36.4 Å². The Hall–Kier alpha value is -2.76. The zero-order valence-corrected chi connectivity index (χ0v) is 13.0. The van der Waals surface area contributed by atoms with Crippen molar-refractivity contribution in [1.82, 2.24) is 9.47 Å². The van der Waals surface area contributed by atoms with Crippen molar-refractivity contribution in [3.8, 4) is 5.75 Å². The van der Waals surface area contributed by atoms with Crippen molar-refractivity contribution in [1.29, 1.82) is 0 Å². The molecule has 0 spiro atoms. The average Bonchev–Trinajstić information content (AvgIpc) is 2.75. The lowest BCUT2D eigenvalue weighted by molar-refractivity contribution is -0.142. The summed E-state index contributed by atoms with van der Waals surface area (Å²) in [5, 5.41) is 9.69. The number of hydrogen-bond acceptors (Lipinski definition) is 3. The third-order valence-electron chi connectivity index (χ3n) is 4.20. The van der Waals surface area contributed by atoms with Gasteiger partial charge >= 0.3 is 5.97 Å². The molecule has 0 fully saturated rings. The molecule has 0 bridgehead atoms. The molecule has 120 valence electrons. The van der Waals surface area contributed by atoms with Crippen LogP contribution >= 0.6 is 0 Å². The SMILES string of the molecule is Cc1ccc(C(=O)N2CCOc3ccccc3C2C(=O)O)n1C. The summed E-state index contributed by atoms with van der Waals surface area (Å²) in [6.07, 6.45) is 0. The summed E-state index contributed by atoms with van der Waals surface area (Å²) in [5.41, 5.74) is 1.90. The number of hydrogen-bond donors (Lipinski definition) is 1. The number of rotatable bonds is 2. The fourth-order valence-corrected chi connectivity index (χ4v) is 2.85. The smallest absolute Gasteiger partial charge is 0.331 e. The average molecular weight is 314 g/mol. The van der Waals surface area contributed by atoms with Gasteiger partial charge in [0.15, 0.2) is 6.04 Å². The summed E-state index contributed by atoms with van der Waals surface area (Å²) in [4.78, 5) is 26.1. The monoisotopic (exact) mass is 314 g/mol. The largest absolute Gasteiger partial charge is 0.491 e. The van der Waals surface area contributed by atoms with E-state index in [4.69, 9.17) is 4.74 Å². The molecule has 1 N–H and O–H groups in total. The highest BCUT2D eigenvalue weighted by Crippen LogP contribution is 2.33. The lowest BCUT2D eigenvalue weighted by Gasteiger charge is -2.27. The molecule has 3 rings (SSSR count). The number of benzene rings is 1. The van der Waals surface area contributed by atoms with Crippen LogP contribution in [0.4, 0.5) is 0 Å². The molecule has 1 atom stereocenters. The van der Waals surface area contributed by atoms with Gasteiger partial charge in [0.1, 0.15) is 18.1 Å². The van der Waals surface area contributed by atoms with E-state index in [0.717, 1.165) is 5.69 Å². The van der Waals surface area contributed by atoms with Crippen LogP contribution in [0.3, 0.4) is 0 Å². The van der Waals surface area contributed by atoms with Crippen molar-refractivity contribution in [2.24, 2.45) is 7.05 Å². The topological polar surface area (TPSA) is 71.8 Å². The number of para-hydroxylation sites is 1. The Morgan fingerprint density at radius 2 is 1.96 bits per heavy atom. The standard InChI is InChI=1S/C17H18N2O4/c1-11-7-8-13(18(11)2)16(20)19-9-10-23-14-6-4-3-5-12(14)15(19)17(21)22/h3-8,15H,9-10H2,1-2H3,(H,21,22). The molecular weight excluding hydrogens is 296 g/mol. The molecular formula is C17H18N2O4. The Bertz CT molecular complexity index is 766. The molecule has 1 unspecified atom stereocenters. The van der Waals surface area contributed by atoms with Crippen LogP contribution in [0.1, 0.15) is 27.8 Å². The second-order valence-corrected chi connectivity index (χ2v) is 5.54. The van der Waals surface area contributed by atoms with Crippen LogP contribution in [0.2, 0.25) is 0 Å². The molecule has 1 aromatic heterocycles. The van der Waals surface area contributed by atoms with Crippen molar-refractivity contribution in [2.75, 3.05) is 13.2 Å². The summed E-state index contributed by atoms with van der Waals surface area (Å²) in [6, 6.07) is 9.45. The van der Waals surface area contributed by atoms with E-state index in [1.807, 2.05) is 13.0 Å². The summed E-state index contributed by atoms with van der Waals surface area (Å²) in [7, 11) is 1.79.